The maximum absolute atomic E-state index is 9.04. The Labute approximate surface area is 127 Å². The van der Waals surface area contributed by atoms with E-state index in [4.69, 9.17) is 16.7 Å². The Kier molecular flexibility index (Phi) is 3.77. The van der Waals surface area contributed by atoms with E-state index in [-0.39, 0.29) is 6.61 Å². The van der Waals surface area contributed by atoms with Crippen molar-refractivity contribution in [3.8, 4) is 11.3 Å². The lowest BCUT2D eigenvalue weighted by atomic mass is 10.1. The Morgan fingerprint density at radius 1 is 1.33 bits per heavy atom. The third kappa shape index (κ3) is 2.57. The van der Waals surface area contributed by atoms with Crippen LogP contribution < -0.4 is 4.90 Å². The molecule has 0 atom stereocenters. The van der Waals surface area contributed by atoms with Gasteiger partial charge in [-0.2, -0.15) is 0 Å². The molecule has 0 unspecified atom stereocenters. The fraction of sp³-hybridized carbons (Fsp3) is 0.200. The first kappa shape index (κ1) is 13.9. The molecule has 0 aliphatic carbocycles. The molecule has 0 saturated heterocycles. The minimum Gasteiger partial charge on any atom is -0.395 e. The molecule has 3 aromatic heterocycles. The first-order chi connectivity index (χ1) is 10.2. The van der Waals surface area contributed by atoms with E-state index in [0.717, 1.165) is 28.1 Å². The van der Waals surface area contributed by atoms with E-state index < -0.39 is 0 Å². The molecule has 0 aliphatic heterocycles. The van der Waals surface area contributed by atoms with Gasteiger partial charge < -0.3 is 15.0 Å². The van der Waals surface area contributed by atoms with E-state index in [0.29, 0.717) is 11.6 Å². The van der Waals surface area contributed by atoms with Crippen LogP contribution >= 0.6 is 11.6 Å². The monoisotopic (exact) mass is 302 g/mol. The second-order valence-electron chi connectivity index (χ2n) is 4.75. The van der Waals surface area contributed by atoms with Crippen molar-refractivity contribution in [3.05, 3.63) is 41.7 Å². The largest absolute Gasteiger partial charge is 0.395 e. The first-order valence-corrected chi connectivity index (χ1v) is 6.99. The number of nitrogens with zero attached hydrogens (tertiary/aromatic N) is 3. The smallest absolute Gasteiger partial charge is 0.138 e. The first-order valence-electron chi connectivity index (χ1n) is 6.61. The van der Waals surface area contributed by atoms with Crippen LogP contribution in [0.5, 0.6) is 0 Å². The molecule has 3 rings (SSSR count). The molecule has 6 heteroatoms. The van der Waals surface area contributed by atoms with Crippen molar-refractivity contribution in [1.82, 2.24) is 15.0 Å². The molecule has 2 N–H and O–H groups in total. The number of pyridine rings is 2. The number of fused-ring (bicyclic) bond motifs is 1. The number of aliphatic hydroxyl groups excluding tert-OH is 1. The van der Waals surface area contributed by atoms with Crippen molar-refractivity contribution in [2.24, 2.45) is 0 Å². The number of aromatic nitrogens is 3. The Morgan fingerprint density at radius 2 is 2.19 bits per heavy atom. The normalized spacial score (nSPS) is 11.0. The summed E-state index contributed by atoms with van der Waals surface area (Å²) in [5.41, 5.74) is 2.43. The quantitative estimate of drug-likeness (QED) is 0.778. The van der Waals surface area contributed by atoms with Crippen LogP contribution in [-0.2, 0) is 0 Å². The summed E-state index contributed by atoms with van der Waals surface area (Å²) in [5, 5.41) is 10.5. The predicted molar refractivity (Wildman–Crippen MR) is 84.7 cm³/mol. The van der Waals surface area contributed by atoms with Gasteiger partial charge in [-0.25, -0.2) is 9.97 Å². The number of nitrogens with one attached hydrogen (secondary N) is 1. The molecule has 108 valence electrons. The molecule has 3 heterocycles. The molecule has 5 nitrogen and oxygen atoms in total. The van der Waals surface area contributed by atoms with E-state index in [9.17, 15) is 0 Å². The predicted octanol–water partition coefficient (Wildman–Crippen LogP) is 2.71. The van der Waals surface area contributed by atoms with Gasteiger partial charge in [0.2, 0.25) is 0 Å². The number of aromatic amines is 1. The minimum absolute atomic E-state index is 0.0838. The van der Waals surface area contributed by atoms with Crippen LogP contribution in [0.15, 0.2) is 36.7 Å². The molecule has 0 saturated carbocycles. The van der Waals surface area contributed by atoms with E-state index in [2.05, 4.69) is 15.0 Å². The van der Waals surface area contributed by atoms with Crippen LogP contribution in [0.25, 0.3) is 22.3 Å². The van der Waals surface area contributed by atoms with Crippen molar-refractivity contribution in [3.63, 3.8) is 0 Å². The Bertz CT molecular complexity index is 771. The van der Waals surface area contributed by atoms with Crippen LogP contribution in [0.1, 0.15) is 0 Å². The van der Waals surface area contributed by atoms with Gasteiger partial charge in [0.1, 0.15) is 11.5 Å². The zero-order chi connectivity index (χ0) is 14.8. The summed E-state index contributed by atoms with van der Waals surface area (Å²) in [7, 11) is 1.89. The Morgan fingerprint density at radius 3 is 3.00 bits per heavy atom. The highest BCUT2D eigenvalue weighted by atomic mass is 35.5. The average Bonchev–Trinajstić information content (AvgIpc) is 2.96. The van der Waals surface area contributed by atoms with Gasteiger partial charge in [-0.1, -0.05) is 17.7 Å². The summed E-state index contributed by atoms with van der Waals surface area (Å²) in [4.78, 5) is 13.9. The maximum Gasteiger partial charge on any atom is 0.138 e. The lowest BCUT2D eigenvalue weighted by Gasteiger charge is -2.17. The average molecular weight is 303 g/mol. The zero-order valence-corrected chi connectivity index (χ0v) is 12.3. The zero-order valence-electron chi connectivity index (χ0n) is 11.5. The van der Waals surface area contributed by atoms with E-state index in [1.807, 2.05) is 42.4 Å². The number of halogens is 1. The number of rotatable bonds is 4. The van der Waals surface area contributed by atoms with E-state index in [1.165, 1.54) is 0 Å². The molecule has 0 fully saturated rings. The summed E-state index contributed by atoms with van der Waals surface area (Å²) in [6, 6.07) is 7.70. The third-order valence-electron chi connectivity index (χ3n) is 3.36. The standard InChI is InChI=1S/C15H15ClN4O/c1-20(7-8-21)13-4-2-3-12(19-13)14-10-5-6-17-15(10)18-9-11(14)16/h2-6,9,21H,7-8H2,1H3,(H,17,18). The van der Waals surface area contributed by atoms with Crippen molar-refractivity contribution in [2.75, 3.05) is 25.1 Å². The van der Waals surface area contributed by atoms with Crippen LogP contribution in [0.4, 0.5) is 5.82 Å². The van der Waals surface area contributed by atoms with Crippen LogP contribution in [0, 0.1) is 0 Å². The van der Waals surface area contributed by atoms with Crippen molar-refractivity contribution in [1.29, 1.82) is 0 Å². The second kappa shape index (κ2) is 5.71. The molecule has 0 aromatic carbocycles. The SMILES string of the molecule is CN(CCO)c1cccc(-c2c(Cl)cnc3[nH]ccc23)n1. The molecule has 0 bridgehead atoms. The lowest BCUT2D eigenvalue weighted by molar-refractivity contribution is 0.304. The van der Waals surface area contributed by atoms with Crippen molar-refractivity contribution in [2.45, 2.75) is 0 Å². The number of anilines is 1. The molecule has 21 heavy (non-hydrogen) atoms. The van der Waals surface area contributed by atoms with Gasteiger partial charge in [-0.15, -0.1) is 0 Å². The summed E-state index contributed by atoms with van der Waals surface area (Å²) >= 11 is 6.32. The Hall–Kier alpha value is -2.11. The van der Waals surface area contributed by atoms with Crippen molar-refractivity contribution < 1.29 is 5.11 Å². The fourth-order valence-electron chi connectivity index (χ4n) is 2.28. The van der Waals surface area contributed by atoms with Crippen LogP contribution in [0.3, 0.4) is 0 Å². The van der Waals surface area contributed by atoms with Crippen molar-refractivity contribution >= 4 is 28.5 Å². The van der Waals surface area contributed by atoms with Gasteiger partial charge in [0, 0.05) is 36.9 Å². The number of H-pyrrole nitrogens is 1. The molecule has 0 radical (unpaired) electrons. The van der Waals surface area contributed by atoms with E-state index in [1.54, 1.807) is 6.20 Å². The van der Waals surface area contributed by atoms with E-state index >= 15 is 0 Å². The summed E-state index contributed by atoms with van der Waals surface area (Å²) < 4.78 is 0. The highest BCUT2D eigenvalue weighted by molar-refractivity contribution is 6.34. The molecular formula is C15H15ClN4O. The highest BCUT2D eigenvalue weighted by Crippen LogP contribution is 2.33. The summed E-state index contributed by atoms with van der Waals surface area (Å²) in [6.07, 6.45) is 3.46. The Balaban J connectivity index is 2.12. The third-order valence-corrected chi connectivity index (χ3v) is 3.64. The topological polar surface area (TPSA) is 65.0 Å². The minimum atomic E-state index is 0.0838. The number of likely N-dealkylation sites (N-methyl/N-ethyl adjacent to an activating group) is 1. The number of hydrogen-bond donors (Lipinski definition) is 2. The number of hydrogen-bond acceptors (Lipinski definition) is 4. The molecule has 0 amide bonds. The van der Waals surface area contributed by atoms with Crippen LogP contribution in [0.2, 0.25) is 5.02 Å². The number of aliphatic hydroxyl groups is 1. The lowest BCUT2D eigenvalue weighted by Crippen LogP contribution is -2.22. The molecule has 0 aliphatic rings. The van der Waals surface area contributed by atoms with Crippen LogP contribution in [-0.4, -0.2) is 40.3 Å². The van der Waals surface area contributed by atoms with Gasteiger partial charge in [-0.05, 0) is 18.2 Å². The summed E-state index contributed by atoms with van der Waals surface area (Å²) in [5.74, 6) is 0.790. The van der Waals surface area contributed by atoms with Gasteiger partial charge in [0.05, 0.1) is 17.3 Å². The summed E-state index contributed by atoms with van der Waals surface area (Å²) in [6.45, 7) is 0.612. The van der Waals surface area contributed by atoms with Gasteiger partial charge in [0.15, 0.2) is 0 Å². The fourth-order valence-corrected chi connectivity index (χ4v) is 2.53. The molecule has 0 spiro atoms. The second-order valence-corrected chi connectivity index (χ2v) is 5.15. The maximum atomic E-state index is 9.04. The highest BCUT2D eigenvalue weighted by Gasteiger charge is 2.13. The van der Waals surface area contributed by atoms with Gasteiger partial charge >= 0.3 is 0 Å². The molecule has 3 aromatic rings. The van der Waals surface area contributed by atoms with Gasteiger partial charge in [0.25, 0.3) is 0 Å². The molecular weight excluding hydrogens is 288 g/mol. The van der Waals surface area contributed by atoms with Gasteiger partial charge in [-0.3, -0.25) is 0 Å².